The monoisotopic (exact) mass is 331 g/mol. The van der Waals surface area contributed by atoms with E-state index in [1.165, 1.54) is 5.56 Å². The molecule has 2 aliphatic rings. The Bertz CT molecular complexity index is 509. The van der Waals surface area contributed by atoms with Crippen molar-refractivity contribution in [1.29, 1.82) is 0 Å². The van der Waals surface area contributed by atoms with Gasteiger partial charge in [0, 0.05) is 19.2 Å². The van der Waals surface area contributed by atoms with Crippen molar-refractivity contribution < 1.29 is 9.53 Å². The number of rotatable bonds is 5. The van der Waals surface area contributed by atoms with E-state index in [0.29, 0.717) is 12.6 Å². The van der Waals surface area contributed by atoms with E-state index in [4.69, 9.17) is 4.74 Å². The summed E-state index contributed by atoms with van der Waals surface area (Å²) in [6, 6.07) is 11.0. The molecule has 1 aromatic carbocycles. The summed E-state index contributed by atoms with van der Waals surface area (Å²) in [4.78, 5) is 17.3. The number of benzene rings is 1. The van der Waals surface area contributed by atoms with Gasteiger partial charge in [0.1, 0.15) is 0 Å². The Morgan fingerprint density at radius 2 is 2.00 bits per heavy atom. The SMILES string of the molecule is CN1CCC(N(CCc2ccccc2)C(=O)N[C@H]2CCOC2)CC1. The molecule has 2 saturated heterocycles. The van der Waals surface area contributed by atoms with Gasteiger partial charge in [-0.3, -0.25) is 0 Å². The highest BCUT2D eigenvalue weighted by atomic mass is 16.5. The summed E-state index contributed by atoms with van der Waals surface area (Å²) in [5, 5.41) is 3.17. The molecule has 132 valence electrons. The number of hydrogen-bond donors (Lipinski definition) is 1. The molecule has 2 amide bonds. The first-order chi connectivity index (χ1) is 11.7. The van der Waals surface area contributed by atoms with Crippen molar-refractivity contribution in [2.75, 3.05) is 39.9 Å². The van der Waals surface area contributed by atoms with Gasteiger partial charge in [0.2, 0.25) is 0 Å². The maximum Gasteiger partial charge on any atom is 0.317 e. The Kier molecular flexibility index (Phi) is 6.10. The lowest BCUT2D eigenvalue weighted by Gasteiger charge is -2.37. The summed E-state index contributed by atoms with van der Waals surface area (Å²) in [5.41, 5.74) is 1.28. The highest BCUT2D eigenvalue weighted by Crippen LogP contribution is 2.17. The van der Waals surface area contributed by atoms with E-state index < -0.39 is 0 Å². The van der Waals surface area contributed by atoms with Gasteiger partial charge in [0.25, 0.3) is 0 Å². The fourth-order valence-electron chi connectivity index (χ4n) is 3.56. The van der Waals surface area contributed by atoms with Crippen LogP contribution in [-0.4, -0.2) is 67.8 Å². The molecule has 3 rings (SSSR count). The van der Waals surface area contributed by atoms with Crippen LogP contribution in [0.2, 0.25) is 0 Å². The lowest BCUT2D eigenvalue weighted by molar-refractivity contribution is 0.128. The molecule has 0 spiro atoms. The number of carbonyl (C=O) groups excluding carboxylic acids is 1. The van der Waals surface area contributed by atoms with E-state index in [1.807, 2.05) is 6.07 Å². The Morgan fingerprint density at radius 1 is 1.25 bits per heavy atom. The second kappa shape index (κ2) is 8.49. The summed E-state index contributed by atoms with van der Waals surface area (Å²) in [6.07, 6.45) is 3.94. The Morgan fingerprint density at radius 3 is 2.67 bits per heavy atom. The number of amides is 2. The van der Waals surface area contributed by atoms with Crippen LogP contribution in [0.1, 0.15) is 24.8 Å². The third kappa shape index (κ3) is 4.71. The largest absolute Gasteiger partial charge is 0.379 e. The highest BCUT2D eigenvalue weighted by molar-refractivity contribution is 5.75. The van der Waals surface area contributed by atoms with Crippen molar-refractivity contribution in [3.63, 3.8) is 0 Å². The fraction of sp³-hybridized carbons (Fsp3) is 0.632. The molecular formula is C19H29N3O2. The van der Waals surface area contributed by atoms with Gasteiger partial charge in [-0.1, -0.05) is 30.3 Å². The number of piperidine rings is 1. The number of nitrogens with zero attached hydrogens (tertiary/aromatic N) is 2. The van der Waals surface area contributed by atoms with Crippen molar-refractivity contribution >= 4 is 6.03 Å². The molecule has 5 nitrogen and oxygen atoms in total. The van der Waals surface area contributed by atoms with E-state index in [1.54, 1.807) is 0 Å². The quantitative estimate of drug-likeness (QED) is 0.899. The first-order valence-corrected chi connectivity index (χ1v) is 9.10. The third-order valence-electron chi connectivity index (χ3n) is 5.13. The van der Waals surface area contributed by atoms with Gasteiger partial charge in [-0.25, -0.2) is 4.79 Å². The van der Waals surface area contributed by atoms with Gasteiger partial charge in [0.05, 0.1) is 12.6 Å². The number of likely N-dealkylation sites (tertiary alicyclic amines) is 1. The van der Waals surface area contributed by atoms with Crippen LogP contribution in [0.25, 0.3) is 0 Å². The van der Waals surface area contributed by atoms with Crippen LogP contribution in [0.5, 0.6) is 0 Å². The smallest absolute Gasteiger partial charge is 0.317 e. The summed E-state index contributed by atoms with van der Waals surface area (Å²) in [7, 11) is 2.15. The van der Waals surface area contributed by atoms with Gasteiger partial charge in [-0.2, -0.15) is 0 Å². The Hall–Kier alpha value is -1.59. The normalized spacial score (nSPS) is 22.5. The lowest BCUT2D eigenvalue weighted by Crippen LogP contribution is -2.53. The summed E-state index contributed by atoms with van der Waals surface area (Å²) in [6.45, 7) is 4.30. The highest BCUT2D eigenvalue weighted by Gasteiger charge is 2.28. The summed E-state index contributed by atoms with van der Waals surface area (Å²) < 4.78 is 5.39. The average molecular weight is 331 g/mol. The molecule has 1 atom stereocenters. The standard InChI is InChI=1S/C19H29N3O2/c1-21-11-8-18(9-12-21)22(13-7-16-5-3-2-4-6-16)19(23)20-17-10-14-24-15-17/h2-6,17-18H,7-15H2,1H3,(H,20,23)/t17-/m0/s1. The van der Waals surface area contributed by atoms with Crippen LogP contribution in [-0.2, 0) is 11.2 Å². The van der Waals surface area contributed by atoms with Gasteiger partial charge >= 0.3 is 6.03 Å². The number of ether oxygens (including phenoxy) is 1. The Balaban J connectivity index is 1.61. The second-order valence-electron chi connectivity index (χ2n) is 6.97. The average Bonchev–Trinajstić information content (AvgIpc) is 3.10. The Labute approximate surface area is 145 Å². The zero-order chi connectivity index (χ0) is 16.8. The van der Waals surface area contributed by atoms with E-state index in [0.717, 1.165) is 51.9 Å². The van der Waals surface area contributed by atoms with Gasteiger partial charge < -0.3 is 19.9 Å². The van der Waals surface area contributed by atoms with Gasteiger partial charge in [-0.05, 0) is 51.4 Å². The van der Waals surface area contributed by atoms with E-state index >= 15 is 0 Å². The van der Waals surface area contributed by atoms with Gasteiger partial charge in [0.15, 0.2) is 0 Å². The first kappa shape index (κ1) is 17.2. The van der Waals surface area contributed by atoms with E-state index in [-0.39, 0.29) is 12.1 Å². The summed E-state index contributed by atoms with van der Waals surface area (Å²) >= 11 is 0. The van der Waals surface area contributed by atoms with Crippen LogP contribution >= 0.6 is 0 Å². The molecule has 0 unspecified atom stereocenters. The maximum atomic E-state index is 12.8. The predicted molar refractivity (Wildman–Crippen MR) is 95.1 cm³/mol. The molecule has 24 heavy (non-hydrogen) atoms. The molecule has 2 heterocycles. The number of carbonyl (C=O) groups is 1. The molecule has 1 N–H and O–H groups in total. The molecular weight excluding hydrogens is 302 g/mol. The number of urea groups is 1. The summed E-state index contributed by atoms with van der Waals surface area (Å²) in [5.74, 6) is 0. The zero-order valence-electron chi connectivity index (χ0n) is 14.6. The van der Waals surface area contributed by atoms with Crippen molar-refractivity contribution in [1.82, 2.24) is 15.1 Å². The van der Waals surface area contributed by atoms with E-state index in [2.05, 4.69) is 46.4 Å². The van der Waals surface area contributed by atoms with Crippen LogP contribution in [0.15, 0.2) is 30.3 Å². The van der Waals surface area contributed by atoms with Gasteiger partial charge in [-0.15, -0.1) is 0 Å². The molecule has 1 aromatic rings. The van der Waals surface area contributed by atoms with E-state index in [9.17, 15) is 4.79 Å². The third-order valence-corrected chi connectivity index (χ3v) is 5.13. The molecule has 0 bridgehead atoms. The molecule has 5 heteroatoms. The van der Waals surface area contributed by atoms with Crippen LogP contribution in [0, 0.1) is 0 Å². The molecule has 0 saturated carbocycles. The minimum absolute atomic E-state index is 0.0796. The maximum absolute atomic E-state index is 12.8. The zero-order valence-corrected chi connectivity index (χ0v) is 14.6. The van der Waals surface area contributed by atoms with Crippen LogP contribution in [0.4, 0.5) is 4.79 Å². The first-order valence-electron chi connectivity index (χ1n) is 9.10. The lowest BCUT2D eigenvalue weighted by atomic mass is 10.0. The number of hydrogen-bond acceptors (Lipinski definition) is 3. The predicted octanol–water partition coefficient (Wildman–Crippen LogP) is 2.12. The molecule has 0 aromatic heterocycles. The molecule has 2 aliphatic heterocycles. The number of nitrogens with one attached hydrogen (secondary N) is 1. The molecule has 0 radical (unpaired) electrons. The minimum Gasteiger partial charge on any atom is -0.379 e. The van der Waals surface area contributed by atoms with Crippen molar-refractivity contribution in [3.05, 3.63) is 35.9 Å². The van der Waals surface area contributed by atoms with Crippen LogP contribution < -0.4 is 5.32 Å². The van der Waals surface area contributed by atoms with Crippen molar-refractivity contribution in [3.8, 4) is 0 Å². The fourth-order valence-corrected chi connectivity index (χ4v) is 3.56. The second-order valence-corrected chi connectivity index (χ2v) is 6.97. The minimum atomic E-state index is 0.0796. The van der Waals surface area contributed by atoms with Crippen molar-refractivity contribution in [2.24, 2.45) is 0 Å². The molecule has 2 fully saturated rings. The van der Waals surface area contributed by atoms with Crippen LogP contribution in [0.3, 0.4) is 0 Å². The van der Waals surface area contributed by atoms with Crippen molar-refractivity contribution in [2.45, 2.75) is 37.8 Å². The topological polar surface area (TPSA) is 44.8 Å². The molecule has 0 aliphatic carbocycles.